The number of esters is 1. The first kappa shape index (κ1) is 9.30. The molecule has 0 saturated heterocycles. The van der Waals surface area contributed by atoms with Gasteiger partial charge in [-0.05, 0) is 24.7 Å². The molecule has 0 amide bonds. The molecule has 2 nitrogen and oxygen atoms in total. The monoisotopic (exact) mass is 168 g/mol. The number of carbonyl (C=O) groups is 1. The van der Waals surface area contributed by atoms with Crippen LogP contribution in [0.3, 0.4) is 0 Å². The highest BCUT2D eigenvalue weighted by Gasteiger charge is 2.34. The van der Waals surface area contributed by atoms with Crippen molar-refractivity contribution < 1.29 is 9.53 Å². The lowest BCUT2D eigenvalue weighted by atomic mass is 9.72. The van der Waals surface area contributed by atoms with Crippen LogP contribution in [0.25, 0.3) is 0 Å². The Kier molecular flexibility index (Phi) is 2.90. The maximum Gasteiger partial charge on any atom is 0.333 e. The van der Waals surface area contributed by atoms with Gasteiger partial charge >= 0.3 is 5.97 Å². The number of hydrogen-bond acceptors (Lipinski definition) is 2. The first-order chi connectivity index (χ1) is 5.74. The minimum absolute atomic E-state index is 0.147. The third-order valence-corrected chi connectivity index (χ3v) is 2.64. The molecule has 2 atom stereocenters. The third kappa shape index (κ3) is 1.38. The first-order valence-electron chi connectivity index (χ1n) is 4.54. The van der Waals surface area contributed by atoms with E-state index in [2.05, 4.69) is 18.6 Å². The van der Waals surface area contributed by atoms with Crippen LogP contribution in [0.5, 0.6) is 0 Å². The molecule has 0 aromatic carbocycles. The first-order valence-corrected chi connectivity index (χ1v) is 4.54. The van der Waals surface area contributed by atoms with Gasteiger partial charge in [0.25, 0.3) is 0 Å². The van der Waals surface area contributed by atoms with Gasteiger partial charge in [-0.1, -0.05) is 19.9 Å². The number of methoxy groups -OCH3 is 1. The van der Waals surface area contributed by atoms with Crippen molar-refractivity contribution in [1.29, 1.82) is 0 Å². The van der Waals surface area contributed by atoms with Gasteiger partial charge < -0.3 is 4.74 Å². The fraction of sp³-hybridized carbons (Fsp3) is 0.700. The molecule has 1 rings (SSSR count). The molecule has 0 fully saturated rings. The molecule has 0 aliphatic heterocycles. The van der Waals surface area contributed by atoms with Gasteiger partial charge in [0.2, 0.25) is 0 Å². The van der Waals surface area contributed by atoms with Crippen molar-refractivity contribution in [2.75, 3.05) is 7.11 Å². The van der Waals surface area contributed by atoms with Gasteiger partial charge in [0, 0.05) is 5.57 Å². The predicted octanol–water partition coefficient (Wildman–Crippen LogP) is 2.15. The Morgan fingerprint density at radius 3 is 2.58 bits per heavy atom. The van der Waals surface area contributed by atoms with Crippen molar-refractivity contribution in [3.05, 3.63) is 11.6 Å². The molecule has 0 bridgehead atoms. The number of rotatable bonds is 3. The molecule has 0 saturated carbocycles. The van der Waals surface area contributed by atoms with Crippen molar-refractivity contribution in [2.24, 2.45) is 11.8 Å². The molecule has 0 N–H and O–H groups in total. The standard InChI is InChI=1S/C10H16O2/c1-4-7-6-9(8(7)5-2)10(11)12-3/h6-8H,4-5H2,1-3H3/t7-,8+/m0/s1. The highest BCUT2D eigenvalue weighted by molar-refractivity contribution is 5.90. The van der Waals surface area contributed by atoms with Gasteiger partial charge in [-0.3, -0.25) is 0 Å². The van der Waals surface area contributed by atoms with Crippen LogP contribution in [-0.2, 0) is 9.53 Å². The van der Waals surface area contributed by atoms with Crippen LogP contribution in [0.15, 0.2) is 11.6 Å². The third-order valence-electron chi connectivity index (χ3n) is 2.64. The lowest BCUT2D eigenvalue weighted by molar-refractivity contribution is -0.137. The number of ether oxygens (including phenoxy) is 1. The summed E-state index contributed by atoms with van der Waals surface area (Å²) in [7, 11) is 1.44. The summed E-state index contributed by atoms with van der Waals surface area (Å²) in [6.07, 6.45) is 4.21. The summed E-state index contributed by atoms with van der Waals surface area (Å²) in [4.78, 5) is 11.1. The largest absolute Gasteiger partial charge is 0.466 e. The lowest BCUT2D eigenvalue weighted by Gasteiger charge is -2.33. The molecule has 0 aromatic rings. The minimum Gasteiger partial charge on any atom is -0.466 e. The second-order valence-corrected chi connectivity index (χ2v) is 3.20. The van der Waals surface area contributed by atoms with Gasteiger partial charge in [-0.15, -0.1) is 0 Å². The molecule has 2 heteroatoms. The van der Waals surface area contributed by atoms with Crippen LogP contribution >= 0.6 is 0 Å². The summed E-state index contributed by atoms with van der Waals surface area (Å²) >= 11 is 0. The summed E-state index contributed by atoms with van der Waals surface area (Å²) in [5.41, 5.74) is 0.881. The number of hydrogen-bond donors (Lipinski definition) is 0. The van der Waals surface area contributed by atoms with Crippen LogP contribution < -0.4 is 0 Å². The Labute approximate surface area is 73.6 Å². The molecule has 68 valence electrons. The average molecular weight is 168 g/mol. The van der Waals surface area contributed by atoms with Crippen LogP contribution in [0.2, 0.25) is 0 Å². The highest BCUT2D eigenvalue weighted by Crippen LogP contribution is 2.38. The van der Waals surface area contributed by atoms with Crippen molar-refractivity contribution in [3.63, 3.8) is 0 Å². The zero-order valence-electron chi connectivity index (χ0n) is 7.96. The van der Waals surface area contributed by atoms with Crippen LogP contribution in [0, 0.1) is 11.8 Å². The molecule has 1 aliphatic carbocycles. The summed E-state index contributed by atoms with van der Waals surface area (Å²) < 4.78 is 4.67. The predicted molar refractivity (Wildman–Crippen MR) is 47.7 cm³/mol. The maximum atomic E-state index is 11.1. The second-order valence-electron chi connectivity index (χ2n) is 3.20. The molecular weight excluding hydrogens is 152 g/mol. The van der Waals surface area contributed by atoms with Gasteiger partial charge in [-0.25, -0.2) is 4.79 Å². The van der Waals surface area contributed by atoms with Gasteiger partial charge in [0.15, 0.2) is 0 Å². The Hall–Kier alpha value is -0.790. The van der Waals surface area contributed by atoms with Crippen molar-refractivity contribution in [2.45, 2.75) is 26.7 Å². The normalized spacial score (nSPS) is 27.4. The average Bonchev–Trinajstić information content (AvgIpc) is 2.04. The van der Waals surface area contributed by atoms with E-state index in [1.165, 1.54) is 7.11 Å². The van der Waals surface area contributed by atoms with E-state index in [9.17, 15) is 4.79 Å². The fourth-order valence-electron chi connectivity index (χ4n) is 1.84. The van der Waals surface area contributed by atoms with Crippen molar-refractivity contribution >= 4 is 5.97 Å². The van der Waals surface area contributed by atoms with Crippen LogP contribution in [0.4, 0.5) is 0 Å². The molecule has 0 radical (unpaired) electrons. The maximum absolute atomic E-state index is 11.1. The molecular formula is C10H16O2. The van der Waals surface area contributed by atoms with E-state index >= 15 is 0 Å². The van der Waals surface area contributed by atoms with Gasteiger partial charge in [-0.2, -0.15) is 0 Å². The van der Waals surface area contributed by atoms with E-state index in [0.717, 1.165) is 18.4 Å². The molecule has 12 heavy (non-hydrogen) atoms. The quantitative estimate of drug-likeness (QED) is 0.603. The van der Waals surface area contributed by atoms with E-state index in [4.69, 9.17) is 0 Å². The Balaban J connectivity index is 2.63. The van der Waals surface area contributed by atoms with Crippen molar-refractivity contribution in [1.82, 2.24) is 0 Å². The summed E-state index contributed by atoms with van der Waals surface area (Å²) in [5.74, 6) is 0.901. The second kappa shape index (κ2) is 3.74. The molecule has 0 aromatic heterocycles. The van der Waals surface area contributed by atoms with E-state index in [1.807, 2.05) is 6.08 Å². The fourth-order valence-corrected chi connectivity index (χ4v) is 1.84. The van der Waals surface area contributed by atoms with Crippen LogP contribution in [0.1, 0.15) is 26.7 Å². The summed E-state index contributed by atoms with van der Waals surface area (Å²) in [6.45, 7) is 4.27. The lowest BCUT2D eigenvalue weighted by Crippen LogP contribution is -2.29. The molecule has 0 unspecified atom stereocenters. The van der Waals surface area contributed by atoms with E-state index in [0.29, 0.717) is 11.8 Å². The molecule has 0 heterocycles. The van der Waals surface area contributed by atoms with Crippen molar-refractivity contribution in [3.8, 4) is 0 Å². The van der Waals surface area contributed by atoms with E-state index in [1.54, 1.807) is 0 Å². The summed E-state index contributed by atoms with van der Waals surface area (Å²) in [5, 5.41) is 0. The Morgan fingerprint density at radius 1 is 1.50 bits per heavy atom. The minimum atomic E-state index is -0.147. The zero-order valence-corrected chi connectivity index (χ0v) is 7.96. The Morgan fingerprint density at radius 2 is 2.17 bits per heavy atom. The van der Waals surface area contributed by atoms with Gasteiger partial charge in [0.1, 0.15) is 0 Å². The SMILES string of the molecule is CC[C@H]1C=C(C(=O)OC)[C@@H]1CC. The van der Waals surface area contributed by atoms with Gasteiger partial charge in [0.05, 0.1) is 7.11 Å². The number of allylic oxidation sites excluding steroid dienone is 1. The summed E-state index contributed by atoms with van der Waals surface area (Å²) in [6, 6.07) is 0. The highest BCUT2D eigenvalue weighted by atomic mass is 16.5. The Bertz CT molecular complexity index is 206. The van der Waals surface area contributed by atoms with E-state index < -0.39 is 0 Å². The number of carbonyl (C=O) groups excluding carboxylic acids is 1. The zero-order chi connectivity index (χ0) is 9.14. The molecule has 1 aliphatic rings. The van der Waals surface area contributed by atoms with E-state index in [-0.39, 0.29) is 5.97 Å². The van der Waals surface area contributed by atoms with Crippen LogP contribution in [-0.4, -0.2) is 13.1 Å². The smallest absolute Gasteiger partial charge is 0.333 e. The molecule has 0 spiro atoms. The topological polar surface area (TPSA) is 26.3 Å².